The van der Waals surface area contributed by atoms with Gasteiger partial charge in [0.15, 0.2) is 0 Å². The molecule has 2 N–H and O–H groups in total. The minimum absolute atomic E-state index is 0.0306. The summed E-state index contributed by atoms with van der Waals surface area (Å²) >= 11 is 11.6. The monoisotopic (exact) mass is 355 g/mol. The molecule has 0 aliphatic carbocycles. The molecule has 0 radical (unpaired) electrons. The summed E-state index contributed by atoms with van der Waals surface area (Å²) in [6, 6.07) is 1.75. The molecule has 21 heavy (non-hydrogen) atoms. The van der Waals surface area contributed by atoms with Gasteiger partial charge in [0.05, 0.1) is 17.2 Å². The van der Waals surface area contributed by atoms with E-state index in [1.165, 1.54) is 7.11 Å². The van der Waals surface area contributed by atoms with Crippen molar-refractivity contribution in [1.82, 2.24) is 4.72 Å². The number of hydrogen-bond acceptors (Lipinski definition) is 4. The summed E-state index contributed by atoms with van der Waals surface area (Å²) in [5, 5.41) is 8.60. The fourth-order valence-electron chi connectivity index (χ4n) is 1.63. The number of sulfonamides is 1. The lowest BCUT2D eigenvalue weighted by molar-refractivity contribution is 0.0697. The maximum atomic E-state index is 12.3. The SMILES string of the molecule is CCC(COC)NS(=O)(=O)c1cc(Cl)cc(C(=O)O)c1Cl. The Kier molecular flexibility index (Phi) is 6.42. The molecule has 1 aromatic carbocycles. The molecule has 6 nitrogen and oxygen atoms in total. The van der Waals surface area contributed by atoms with Crippen molar-refractivity contribution in [2.45, 2.75) is 24.3 Å². The van der Waals surface area contributed by atoms with Crippen molar-refractivity contribution >= 4 is 39.2 Å². The normalized spacial score (nSPS) is 13.1. The summed E-state index contributed by atoms with van der Waals surface area (Å²) < 4.78 is 32.0. The lowest BCUT2D eigenvalue weighted by Crippen LogP contribution is -2.37. The van der Waals surface area contributed by atoms with Gasteiger partial charge < -0.3 is 9.84 Å². The van der Waals surface area contributed by atoms with E-state index in [0.29, 0.717) is 6.42 Å². The van der Waals surface area contributed by atoms with Crippen LogP contribution >= 0.6 is 23.2 Å². The molecule has 0 aliphatic heterocycles. The van der Waals surface area contributed by atoms with Crippen molar-refractivity contribution < 1.29 is 23.1 Å². The van der Waals surface area contributed by atoms with Gasteiger partial charge in [-0.15, -0.1) is 0 Å². The number of carboxylic acid groups (broad SMARTS) is 1. The zero-order valence-corrected chi connectivity index (χ0v) is 13.7. The third-order valence-corrected chi connectivity index (χ3v) is 4.99. The van der Waals surface area contributed by atoms with Crippen LogP contribution in [-0.2, 0) is 14.8 Å². The Balaban J connectivity index is 3.28. The molecule has 0 aliphatic rings. The van der Waals surface area contributed by atoms with Gasteiger partial charge in [-0.1, -0.05) is 30.1 Å². The van der Waals surface area contributed by atoms with Gasteiger partial charge >= 0.3 is 5.97 Å². The Bertz CT molecular complexity index is 633. The maximum absolute atomic E-state index is 12.3. The number of methoxy groups -OCH3 is 1. The maximum Gasteiger partial charge on any atom is 0.337 e. The van der Waals surface area contributed by atoms with Crippen molar-refractivity contribution in [3.63, 3.8) is 0 Å². The molecule has 118 valence electrons. The Labute approximate surface area is 133 Å². The van der Waals surface area contributed by atoms with Gasteiger partial charge in [0.25, 0.3) is 0 Å². The first-order valence-corrected chi connectivity index (χ1v) is 8.20. The number of rotatable bonds is 7. The largest absolute Gasteiger partial charge is 0.478 e. The zero-order chi connectivity index (χ0) is 16.2. The third-order valence-electron chi connectivity index (χ3n) is 2.71. The predicted octanol–water partition coefficient (Wildman–Crippen LogP) is 2.39. The number of ether oxygens (including phenoxy) is 1. The summed E-state index contributed by atoms with van der Waals surface area (Å²) in [6.45, 7) is 1.97. The molecule has 0 amide bonds. The van der Waals surface area contributed by atoms with E-state index in [2.05, 4.69) is 4.72 Å². The molecular formula is C12H15Cl2NO5S. The van der Waals surface area contributed by atoms with Crippen LogP contribution in [0.5, 0.6) is 0 Å². The van der Waals surface area contributed by atoms with Crippen LogP contribution in [-0.4, -0.2) is 39.3 Å². The minimum atomic E-state index is -4.01. The first kappa shape index (κ1) is 18.2. The Morgan fingerprint density at radius 2 is 2.05 bits per heavy atom. The number of hydrogen-bond donors (Lipinski definition) is 2. The highest BCUT2D eigenvalue weighted by atomic mass is 35.5. The second kappa shape index (κ2) is 7.42. The number of aromatic carboxylic acids is 1. The second-order valence-electron chi connectivity index (χ2n) is 4.25. The molecule has 1 atom stereocenters. The highest BCUT2D eigenvalue weighted by Crippen LogP contribution is 2.29. The molecule has 1 rings (SSSR count). The molecule has 0 spiro atoms. The van der Waals surface area contributed by atoms with Crippen molar-refractivity contribution in [2.24, 2.45) is 0 Å². The van der Waals surface area contributed by atoms with Crippen LogP contribution in [0.4, 0.5) is 0 Å². The van der Waals surface area contributed by atoms with E-state index >= 15 is 0 Å². The summed E-state index contributed by atoms with van der Waals surface area (Å²) in [4.78, 5) is 10.7. The van der Waals surface area contributed by atoms with Crippen LogP contribution < -0.4 is 4.72 Å². The van der Waals surface area contributed by atoms with Crippen LogP contribution in [0.3, 0.4) is 0 Å². The average Bonchev–Trinajstić information content (AvgIpc) is 2.39. The second-order valence-corrected chi connectivity index (χ2v) is 6.75. The highest BCUT2D eigenvalue weighted by molar-refractivity contribution is 7.89. The third kappa shape index (κ3) is 4.55. The van der Waals surface area contributed by atoms with Gasteiger partial charge in [-0.3, -0.25) is 0 Å². The fraction of sp³-hybridized carbons (Fsp3) is 0.417. The van der Waals surface area contributed by atoms with Crippen LogP contribution in [0.25, 0.3) is 0 Å². The molecule has 0 heterocycles. The van der Waals surface area contributed by atoms with Crippen molar-refractivity contribution in [2.75, 3.05) is 13.7 Å². The van der Waals surface area contributed by atoms with Gasteiger partial charge in [-0.25, -0.2) is 17.9 Å². The lowest BCUT2D eigenvalue weighted by Gasteiger charge is -2.17. The zero-order valence-electron chi connectivity index (χ0n) is 11.4. The summed E-state index contributed by atoms with van der Waals surface area (Å²) in [6.07, 6.45) is 0.497. The van der Waals surface area contributed by atoms with Gasteiger partial charge in [0, 0.05) is 18.2 Å². The molecule has 1 aromatic rings. The summed E-state index contributed by atoms with van der Waals surface area (Å²) in [5.41, 5.74) is -0.371. The smallest absolute Gasteiger partial charge is 0.337 e. The van der Waals surface area contributed by atoms with Crippen LogP contribution in [0, 0.1) is 0 Å². The van der Waals surface area contributed by atoms with E-state index < -0.39 is 22.0 Å². The number of nitrogens with one attached hydrogen (secondary N) is 1. The van der Waals surface area contributed by atoms with E-state index in [9.17, 15) is 13.2 Å². The van der Waals surface area contributed by atoms with E-state index in [4.69, 9.17) is 33.0 Å². The highest BCUT2D eigenvalue weighted by Gasteiger charge is 2.25. The summed E-state index contributed by atoms with van der Waals surface area (Å²) in [5.74, 6) is -1.36. The molecule has 1 unspecified atom stereocenters. The Morgan fingerprint density at radius 1 is 1.43 bits per heavy atom. The van der Waals surface area contributed by atoms with Gasteiger partial charge in [-0.2, -0.15) is 0 Å². The summed E-state index contributed by atoms with van der Waals surface area (Å²) in [7, 11) is -2.56. The molecule has 0 aromatic heterocycles. The fourth-order valence-corrected chi connectivity index (χ4v) is 3.84. The first-order chi connectivity index (χ1) is 9.72. The van der Waals surface area contributed by atoms with Gasteiger partial charge in [0.2, 0.25) is 10.0 Å². The lowest BCUT2D eigenvalue weighted by atomic mass is 10.2. The topological polar surface area (TPSA) is 92.7 Å². The molecule has 0 bridgehead atoms. The van der Waals surface area contributed by atoms with E-state index in [-0.39, 0.29) is 27.1 Å². The van der Waals surface area contributed by atoms with Crippen LogP contribution in [0.2, 0.25) is 10.0 Å². The van der Waals surface area contributed by atoms with Gasteiger partial charge in [-0.05, 0) is 18.6 Å². The minimum Gasteiger partial charge on any atom is -0.478 e. The first-order valence-electron chi connectivity index (χ1n) is 5.96. The molecule has 0 saturated heterocycles. The number of carbonyl (C=O) groups is 1. The standard InChI is InChI=1S/C12H15Cl2NO5S/c1-3-8(6-20-2)15-21(18,19)10-5-7(13)4-9(11(10)14)12(16)17/h4-5,8,15H,3,6H2,1-2H3,(H,16,17). The van der Waals surface area contributed by atoms with Crippen molar-refractivity contribution in [1.29, 1.82) is 0 Å². The van der Waals surface area contributed by atoms with E-state index in [1.807, 2.05) is 0 Å². The molecule has 9 heteroatoms. The van der Waals surface area contributed by atoms with Crippen LogP contribution in [0.1, 0.15) is 23.7 Å². The quantitative estimate of drug-likeness (QED) is 0.783. The molecular weight excluding hydrogens is 341 g/mol. The molecule has 0 saturated carbocycles. The average molecular weight is 356 g/mol. The Morgan fingerprint density at radius 3 is 2.52 bits per heavy atom. The number of halogens is 2. The number of carboxylic acids is 1. The predicted molar refractivity (Wildman–Crippen MR) is 79.7 cm³/mol. The molecule has 0 fully saturated rings. The van der Waals surface area contributed by atoms with Crippen LogP contribution in [0.15, 0.2) is 17.0 Å². The van der Waals surface area contributed by atoms with Crippen molar-refractivity contribution in [3.05, 3.63) is 27.7 Å². The number of benzene rings is 1. The van der Waals surface area contributed by atoms with Crippen molar-refractivity contribution in [3.8, 4) is 0 Å². The van der Waals surface area contributed by atoms with E-state index in [1.54, 1.807) is 6.92 Å². The van der Waals surface area contributed by atoms with E-state index in [0.717, 1.165) is 12.1 Å². The Hall–Kier alpha value is -0.860. The van der Waals surface area contributed by atoms with Gasteiger partial charge in [0.1, 0.15) is 4.90 Å².